The molecule has 1 aliphatic rings. The quantitative estimate of drug-likeness (QED) is 0.577. The molecule has 0 aromatic heterocycles. The van der Waals surface area contributed by atoms with E-state index in [2.05, 4.69) is 11.3 Å². The predicted octanol–water partition coefficient (Wildman–Crippen LogP) is 0.916. The van der Waals surface area contributed by atoms with Crippen LogP contribution in [0.15, 0.2) is 35.7 Å². The second-order valence-electron chi connectivity index (χ2n) is 6.92. The molecule has 0 saturated carbocycles. The Labute approximate surface area is 177 Å². The summed E-state index contributed by atoms with van der Waals surface area (Å²) in [5.74, 6) is -1.24. The number of nitrogens with zero attached hydrogens (tertiary/aromatic N) is 3. The molecular weight excluding hydrogens is 411 g/mol. The van der Waals surface area contributed by atoms with Crippen LogP contribution in [0.4, 0.5) is 4.39 Å². The molecule has 1 heterocycles. The summed E-state index contributed by atoms with van der Waals surface area (Å²) in [6.07, 6.45) is 1.34. The van der Waals surface area contributed by atoms with Crippen LogP contribution in [0.1, 0.15) is 24.2 Å². The summed E-state index contributed by atoms with van der Waals surface area (Å²) >= 11 is 0. The molecule has 1 aromatic rings. The zero-order valence-electron chi connectivity index (χ0n) is 17.4. The van der Waals surface area contributed by atoms with Crippen LogP contribution in [0.5, 0.6) is 0 Å². The van der Waals surface area contributed by atoms with E-state index in [4.69, 9.17) is 0 Å². The Balaban J connectivity index is 2.04. The fourth-order valence-corrected chi connectivity index (χ4v) is 4.35. The number of carbonyl (C=O) groups is 2. The number of nitrogens with one attached hydrogen (secondary N) is 1. The average molecular weight is 441 g/mol. The Kier molecular flexibility index (Phi) is 8.51. The standard InChI is InChI=1S/C20H29FN4O4S/c1-4-9-22-30(28,29)18-14-16(7-8-17(18)21)20(27)25-12-10-23(11-13-25)15-19(26)24(5-2)6-3/h4,7-8,14,22H,1,5-6,9-13,15H2,2-3H3. The van der Waals surface area contributed by atoms with E-state index in [1.165, 1.54) is 12.1 Å². The van der Waals surface area contributed by atoms with Crippen molar-refractivity contribution in [2.45, 2.75) is 18.7 Å². The lowest BCUT2D eigenvalue weighted by molar-refractivity contribution is -0.132. The first-order valence-electron chi connectivity index (χ1n) is 9.93. The van der Waals surface area contributed by atoms with Crippen molar-refractivity contribution in [3.8, 4) is 0 Å². The zero-order valence-corrected chi connectivity index (χ0v) is 18.3. The van der Waals surface area contributed by atoms with Crippen LogP contribution >= 0.6 is 0 Å². The van der Waals surface area contributed by atoms with Gasteiger partial charge in [0.15, 0.2) is 0 Å². The summed E-state index contributed by atoms with van der Waals surface area (Å²) in [6, 6.07) is 3.31. The molecule has 1 N–H and O–H groups in total. The topological polar surface area (TPSA) is 90.0 Å². The molecule has 2 rings (SSSR count). The number of piperazine rings is 1. The van der Waals surface area contributed by atoms with Gasteiger partial charge < -0.3 is 9.80 Å². The Morgan fingerprint density at radius 2 is 1.83 bits per heavy atom. The van der Waals surface area contributed by atoms with Crippen molar-refractivity contribution in [1.29, 1.82) is 0 Å². The third kappa shape index (κ3) is 5.87. The summed E-state index contributed by atoms with van der Waals surface area (Å²) < 4.78 is 40.8. The first-order valence-corrected chi connectivity index (χ1v) is 11.4. The first-order chi connectivity index (χ1) is 14.2. The van der Waals surface area contributed by atoms with E-state index in [1.54, 1.807) is 9.80 Å². The molecule has 166 valence electrons. The Hall–Kier alpha value is -2.30. The molecule has 1 fully saturated rings. The van der Waals surface area contributed by atoms with Crippen molar-refractivity contribution in [3.05, 3.63) is 42.2 Å². The fourth-order valence-electron chi connectivity index (χ4n) is 3.25. The summed E-state index contributed by atoms with van der Waals surface area (Å²) in [5.41, 5.74) is 0.100. The molecule has 1 saturated heterocycles. The summed E-state index contributed by atoms with van der Waals surface area (Å²) in [4.78, 5) is 29.8. The molecule has 2 amide bonds. The highest BCUT2D eigenvalue weighted by Crippen LogP contribution is 2.18. The van der Waals surface area contributed by atoms with E-state index in [0.717, 1.165) is 12.1 Å². The summed E-state index contributed by atoms with van der Waals surface area (Å²) in [7, 11) is -4.09. The number of likely N-dealkylation sites (N-methyl/N-ethyl adjacent to an activating group) is 1. The predicted molar refractivity (Wildman–Crippen MR) is 112 cm³/mol. The van der Waals surface area contributed by atoms with Gasteiger partial charge in [-0.2, -0.15) is 0 Å². The number of hydrogen-bond donors (Lipinski definition) is 1. The van der Waals surface area contributed by atoms with Gasteiger partial charge in [0.1, 0.15) is 10.7 Å². The number of benzene rings is 1. The first kappa shape index (κ1) is 24.0. The molecule has 0 bridgehead atoms. The molecule has 1 aromatic carbocycles. The van der Waals surface area contributed by atoms with Gasteiger partial charge in [-0.05, 0) is 32.0 Å². The van der Waals surface area contributed by atoms with E-state index in [0.29, 0.717) is 45.8 Å². The van der Waals surface area contributed by atoms with E-state index in [-0.39, 0.29) is 23.9 Å². The van der Waals surface area contributed by atoms with Crippen molar-refractivity contribution in [2.75, 3.05) is 52.4 Å². The Morgan fingerprint density at radius 1 is 1.20 bits per heavy atom. The van der Waals surface area contributed by atoms with E-state index in [9.17, 15) is 22.4 Å². The Bertz CT molecular complexity index is 879. The van der Waals surface area contributed by atoms with Gasteiger partial charge in [0.2, 0.25) is 15.9 Å². The monoisotopic (exact) mass is 440 g/mol. The van der Waals surface area contributed by atoms with Gasteiger partial charge >= 0.3 is 0 Å². The van der Waals surface area contributed by atoms with Crippen LogP contribution < -0.4 is 4.72 Å². The van der Waals surface area contributed by atoms with Gasteiger partial charge in [0.25, 0.3) is 5.91 Å². The molecule has 30 heavy (non-hydrogen) atoms. The third-order valence-electron chi connectivity index (χ3n) is 5.02. The van der Waals surface area contributed by atoms with Crippen molar-refractivity contribution in [3.63, 3.8) is 0 Å². The highest BCUT2D eigenvalue weighted by molar-refractivity contribution is 7.89. The summed E-state index contributed by atoms with van der Waals surface area (Å²) in [6.45, 7) is 10.7. The number of hydrogen-bond acceptors (Lipinski definition) is 5. The highest BCUT2D eigenvalue weighted by Gasteiger charge is 2.26. The number of amides is 2. The largest absolute Gasteiger partial charge is 0.342 e. The lowest BCUT2D eigenvalue weighted by Crippen LogP contribution is -2.51. The van der Waals surface area contributed by atoms with Gasteiger partial charge in [0.05, 0.1) is 6.54 Å². The number of halogens is 1. The second kappa shape index (κ2) is 10.6. The molecule has 0 aliphatic carbocycles. The molecule has 0 spiro atoms. The van der Waals surface area contributed by atoms with Crippen LogP contribution in [-0.2, 0) is 14.8 Å². The SMILES string of the molecule is C=CCNS(=O)(=O)c1cc(C(=O)N2CCN(CC(=O)N(CC)CC)CC2)ccc1F. The van der Waals surface area contributed by atoms with Crippen LogP contribution in [0.3, 0.4) is 0 Å². The van der Waals surface area contributed by atoms with Crippen LogP contribution in [0, 0.1) is 5.82 Å². The van der Waals surface area contributed by atoms with Gasteiger partial charge in [-0.1, -0.05) is 6.08 Å². The van der Waals surface area contributed by atoms with E-state index >= 15 is 0 Å². The normalized spacial score (nSPS) is 15.1. The highest BCUT2D eigenvalue weighted by atomic mass is 32.2. The molecule has 8 nitrogen and oxygen atoms in total. The lowest BCUT2D eigenvalue weighted by atomic mass is 10.1. The minimum Gasteiger partial charge on any atom is -0.342 e. The number of sulfonamides is 1. The van der Waals surface area contributed by atoms with E-state index in [1.807, 2.05) is 18.7 Å². The van der Waals surface area contributed by atoms with Crippen molar-refractivity contribution >= 4 is 21.8 Å². The lowest BCUT2D eigenvalue weighted by Gasteiger charge is -2.35. The fraction of sp³-hybridized carbons (Fsp3) is 0.500. The molecule has 0 unspecified atom stereocenters. The van der Waals surface area contributed by atoms with Crippen molar-refractivity contribution in [1.82, 2.24) is 19.4 Å². The summed E-state index contributed by atoms with van der Waals surface area (Å²) in [5, 5.41) is 0. The van der Waals surface area contributed by atoms with Crippen LogP contribution in [0.2, 0.25) is 0 Å². The maximum absolute atomic E-state index is 14.1. The number of carbonyl (C=O) groups excluding carboxylic acids is 2. The van der Waals surface area contributed by atoms with Gasteiger partial charge in [-0.25, -0.2) is 17.5 Å². The molecule has 0 atom stereocenters. The minimum absolute atomic E-state index is 0.0475. The molecule has 10 heteroatoms. The molecule has 1 aliphatic heterocycles. The molecular formula is C20H29FN4O4S. The second-order valence-corrected chi connectivity index (χ2v) is 8.66. The maximum Gasteiger partial charge on any atom is 0.253 e. The third-order valence-corrected chi connectivity index (χ3v) is 6.46. The van der Waals surface area contributed by atoms with Gasteiger partial charge in [-0.15, -0.1) is 6.58 Å². The van der Waals surface area contributed by atoms with E-state index < -0.39 is 20.7 Å². The average Bonchev–Trinajstić information content (AvgIpc) is 2.73. The zero-order chi connectivity index (χ0) is 22.3. The maximum atomic E-state index is 14.1. The Morgan fingerprint density at radius 3 is 2.40 bits per heavy atom. The number of rotatable bonds is 9. The van der Waals surface area contributed by atoms with Gasteiger partial charge in [0, 0.05) is 51.4 Å². The van der Waals surface area contributed by atoms with Crippen LogP contribution in [0.25, 0.3) is 0 Å². The van der Waals surface area contributed by atoms with Crippen LogP contribution in [-0.4, -0.2) is 87.3 Å². The van der Waals surface area contributed by atoms with Crippen molar-refractivity contribution in [2.24, 2.45) is 0 Å². The smallest absolute Gasteiger partial charge is 0.253 e. The van der Waals surface area contributed by atoms with Gasteiger partial charge in [-0.3, -0.25) is 14.5 Å². The minimum atomic E-state index is -4.09. The molecule has 0 radical (unpaired) electrons. The van der Waals surface area contributed by atoms with Crippen molar-refractivity contribution < 1.29 is 22.4 Å².